The summed E-state index contributed by atoms with van der Waals surface area (Å²) in [5, 5.41) is 12.7. The first kappa shape index (κ1) is 12.7. The second kappa shape index (κ2) is 5.29. The molecule has 0 aromatic rings. The number of hydrogen-bond acceptors (Lipinski definition) is 5. The Morgan fingerprint density at radius 3 is 3.00 bits per heavy atom. The van der Waals surface area contributed by atoms with Crippen LogP contribution >= 0.6 is 11.8 Å². The predicted octanol–water partition coefficient (Wildman–Crippen LogP) is 2.30. The summed E-state index contributed by atoms with van der Waals surface area (Å²) in [6.07, 6.45) is 3.39. The second-order valence-corrected chi connectivity index (χ2v) is 6.20. The minimum absolute atomic E-state index is 0.0610. The normalized spacial score (nSPS) is 33.6. The molecule has 2 aliphatic rings. The van der Waals surface area contributed by atoms with Crippen LogP contribution < -0.4 is 0 Å². The van der Waals surface area contributed by atoms with E-state index >= 15 is 0 Å². The SMILES string of the molecule is CC(C)OC(=O)CS[C@H]1/C(=N/O)[C@H]2CC[C@@H]1C2. The van der Waals surface area contributed by atoms with Crippen LogP contribution in [0.1, 0.15) is 33.1 Å². The van der Waals surface area contributed by atoms with Crippen LogP contribution in [-0.4, -0.2) is 34.0 Å². The van der Waals surface area contributed by atoms with Crippen molar-refractivity contribution in [3.05, 3.63) is 0 Å². The molecular formula is C12H19NO3S. The summed E-state index contributed by atoms with van der Waals surface area (Å²) in [6.45, 7) is 3.70. The van der Waals surface area contributed by atoms with Crippen molar-refractivity contribution in [3.63, 3.8) is 0 Å². The van der Waals surface area contributed by atoms with E-state index < -0.39 is 0 Å². The summed E-state index contributed by atoms with van der Waals surface area (Å²) in [6, 6.07) is 0. The standard InChI is InChI=1S/C12H19NO3S/c1-7(2)16-10(14)6-17-12-9-4-3-8(5-9)11(12)13-15/h7-9,12,15H,3-6H2,1-2H3/b13-11+/t8-,9+,12+/m0/s1. The fourth-order valence-electron chi connectivity index (χ4n) is 2.85. The fraction of sp³-hybridized carbons (Fsp3) is 0.833. The van der Waals surface area contributed by atoms with Crippen molar-refractivity contribution < 1.29 is 14.7 Å². The highest BCUT2D eigenvalue weighted by atomic mass is 32.2. The van der Waals surface area contributed by atoms with Gasteiger partial charge in [0.15, 0.2) is 0 Å². The molecule has 3 atom stereocenters. The van der Waals surface area contributed by atoms with E-state index in [4.69, 9.17) is 9.94 Å². The lowest BCUT2D eigenvalue weighted by atomic mass is 9.98. The van der Waals surface area contributed by atoms with Gasteiger partial charge in [-0.15, -0.1) is 11.8 Å². The van der Waals surface area contributed by atoms with Gasteiger partial charge in [0, 0.05) is 5.92 Å². The van der Waals surface area contributed by atoms with Crippen LogP contribution in [-0.2, 0) is 9.53 Å². The minimum Gasteiger partial charge on any atom is -0.462 e. The number of fused-ring (bicyclic) bond motifs is 2. The lowest BCUT2D eigenvalue weighted by Crippen LogP contribution is -2.27. The molecule has 5 heteroatoms. The highest BCUT2D eigenvalue weighted by molar-refractivity contribution is 8.01. The van der Waals surface area contributed by atoms with Gasteiger partial charge in [0.05, 0.1) is 22.8 Å². The number of nitrogens with zero attached hydrogens (tertiary/aromatic N) is 1. The summed E-state index contributed by atoms with van der Waals surface area (Å²) >= 11 is 1.56. The van der Waals surface area contributed by atoms with E-state index in [9.17, 15) is 4.79 Å². The van der Waals surface area contributed by atoms with Gasteiger partial charge in [0.2, 0.25) is 0 Å². The van der Waals surface area contributed by atoms with Crippen LogP contribution in [0.4, 0.5) is 0 Å². The van der Waals surface area contributed by atoms with Gasteiger partial charge in [-0.25, -0.2) is 0 Å². The van der Waals surface area contributed by atoms with Gasteiger partial charge >= 0.3 is 5.97 Å². The van der Waals surface area contributed by atoms with Crippen LogP contribution in [0.2, 0.25) is 0 Å². The van der Waals surface area contributed by atoms with Crippen molar-refractivity contribution in [2.24, 2.45) is 17.0 Å². The number of rotatable bonds is 4. The van der Waals surface area contributed by atoms with Crippen LogP contribution in [0.25, 0.3) is 0 Å². The number of ether oxygens (including phenoxy) is 1. The van der Waals surface area contributed by atoms with Crippen LogP contribution in [0.15, 0.2) is 5.16 Å². The third-order valence-corrected chi connectivity index (χ3v) is 4.86. The Hall–Kier alpha value is -0.710. The van der Waals surface area contributed by atoms with Gasteiger partial charge in [0.1, 0.15) is 0 Å². The maximum Gasteiger partial charge on any atom is 0.316 e. The van der Waals surface area contributed by atoms with Crippen LogP contribution in [0.3, 0.4) is 0 Å². The molecule has 4 nitrogen and oxygen atoms in total. The third-order valence-electron chi connectivity index (χ3n) is 3.47. The maximum absolute atomic E-state index is 11.5. The van der Waals surface area contributed by atoms with E-state index in [1.54, 1.807) is 11.8 Å². The molecule has 0 unspecified atom stereocenters. The van der Waals surface area contributed by atoms with E-state index in [0.717, 1.165) is 18.6 Å². The summed E-state index contributed by atoms with van der Waals surface area (Å²) in [7, 11) is 0. The summed E-state index contributed by atoms with van der Waals surface area (Å²) < 4.78 is 5.10. The van der Waals surface area contributed by atoms with Crippen molar-refractivity contribution >= 4 is 23.4 Å². The topological polar surface area (TPSA) is 58.9 Å². The molecule has 0 amide bonds. The van der Waals surface area contributed by atoms with Gasteiger partial charge in [-0.3, -0.25) is 4.79 Å². The fourth-order valence-corrected chi connectivity index (χ4v) is 4.16. The maximum atomic E-state index is 11.5. The molecule has 2 saturated carbocycles. The number of thioether (sulfide) groups is 1. The molecule has 0 aromatic carbocycles. The van der Waals surface area contributed by atoms with E-state index in [1.165, 1.54) is 6.42 Å². The molecule has 96 valence electrons. The molecule has 0 aliphatic heterocycles. The molecule has 2 bridgehead atoms. The lowest BCUT2D eigenvalue weighted by molar-refractivity contribution is -0.144. The second-order valence-electron chi connectivity index (χ2n) is 5.07. The van der Waals surface area contributed by atoms with Crippen molar-refractivity contribution in [2.45, 2.75) is 44.5 Å². The molecule has 0 heterocycles. The van der Waals surface area contributed by atoms with Gasteiger partial charge in [-0.2, -0.15) is 0 Å². The van der Waals surface area contributed by atoms with Crippen LogP contribution in [0.5, 0.6) is 0 Å². The number of carbonyl (C=O) groups is 1. The Labute approximate surface area is 106 Å². The van der Waals surface area contributed by atoms with Crippen LogP contribution in [0, 0.1) is 11.8 Å². The molecule has 2 aliphatic carbocycles. The van der Waals surface area contributed by atoms with Gasteiger partial charge in [0.25, 0.3) is 0 Å². The van der Waals surface area contributed by atoms with E-state index in [0.29, 0.717) is 17.6 Å². The highest BCUT2D eigenvalue weighted by Crippen LogP contribution is 2.47. The zero-order valence-electron chi connectivity index (χ0n) is 10.3. The monoisotopic (exact) mass is 257 g/mol. The zero-order chi connectivity index (χ0) is 12.4. The highest BCUT2D eigenvalue weighted by Gasteiger charge is 2.45. The quantitative estimate of drug-likeness (QED) is 0.477. The Bertz CT molecular complexity index is 330. The molecule has 2 rings (SSSR count). The Morgan fingerprint density at radius 1 is 1.59 bits per heavy atom. The Kier molecular flexibility index (Phi) is 3.97. The zero-order valence-corrected chi connectivity index (χ0v) is 11.1. The van der Waals surface area contributed by atoms with E-state index in [1.807, 2.05) is 13.8 Å². The summed E-state index contributed by atoms with van der Waals surface area (Å²) in [5.41, 5.74) is 0.892. The molecule has 0 spiro atoms. The van der Waals surface area contributed by atoms with Gasteiger partial charge in [-0.1, -0.05) is 5.16 Å². The first-order valence-corrected chi connectivity index (χ1v) is 7.19. The molecule has 0 aromatic heterocycles. The number of oxime groups is 1. The smallest absolute Gasteiger partial charge is 0.316 e. The van der Waals surface area contributed by atoms with Crippen molar-refractivity contribution in [1.82, 2.24) is 0 Å². The average molecular weight is 257 g/mol. The Morgan fingerprint density at radius 2 is 2.35 bits per heavy atom. The molecule has 0 saturated heterocycles. The summed E-state index contributed by atoms with van der Waals surface area (Å²) in [5.74, 6) is 1.21. The molecule has 1 N–H and O–H groups in total. The van der Waals surface area contributed by atoms with Crippen molar-refractivity contribution in [2.75, 3.05) is 5.75 Å². The predicted molar refractivity (Wildman–Crippen MR) is 67.5 cm³/mol. The first-order valence-electron chi connectivity index (χ1n) is 6.14. The largest absolute Gasteiger partial charge is 0.462 e. The summed E-state index contributed by atoms with van der Waals surface area (Å²) in [4.78, 5) is 11.5. The molecular weight excluding hydrogens is 238 g/mol. The minimum atomic E-state index is -0.176. The third kappa shape index (κ3) is 2.76. The van der Waals surface area contributed by atoms with Crippen molar-refractivity contribution in [3.8, 4) is 0 Å². The lowest BCUT2D eigenvalue weighted by Gasteiger charge is -2.21. The molecule has 17 heavy (non-hydrogen) atoms. The van der Waals surface area contributed by atoms with Gasteiger partial charge < -0.3 is 9.94 Å². The molecule has 0 radical (unpaired) electrons. The number of carbonyl (C=O) groups excluding carboxylic acids is 1. The average Bonchev–Trinajstić information content (AvgIpc) is 2.84. The van der Waals surface area contributed by atoms with Crippen molar-refractivity contribution in [1.29, 1.82) is 0 Å². The number of hydrogen-bond donors (Lipinski definition) is 1. The number of esters is 1. The van der Waals surface area contributed by atoms with E-state index in [2.05, 4.69) is 5.16 Å². The van der Waals surface area contributed by atoms with Gasteiger partial charge in [-0.05, 0) is 39.0 Å². The first-order chi connectivity index (χ1) is 8.11. The Balaban J connectivity index is 1.85. The van der Waals surface area contributed by atoms with E-state index in [-0.39, 0.29) is 17.3 Å². The molecule has 2 fully saturated rings.